The predicted octanol–water partition coefficient (Wildman–Crippen LogP) is 2.22. The average molecular weight is 282 g/mol. The molecule has 2 atom stereocenters. The molecule has 0 aromatic heterocycles. The summed E-state index contributed by atoms with van der Waals surface area (Å²) in [5, 5.41) is 14.4. The second-order valence-electron chi connectivity index (χ2n) is 5.46. The molecule has 2 amide bonds. The fourth-order valence-electron chi connectivity index (χ4n) is 2.07. The van der Waals surface area contributed by atoms with Gasteiger partial charge in [0, 0.05) is 25.4 Å². The smallest absolute Gasteiger partial charge is 0.315 e. The standard InChI is InChI=1S/C15H26N2O3/c1-5-7-13(6-2)17-15(20)16-10-12(8-11(3)4)9-14(18)19/h1,11-13H,6-10H2,2-4H3,(H,18,19)(H2,16,17,20). The highest BCUT2D eigenvalue weighted by Gasteiger charge is 2.16. The molecule has 0 aromatic rings. The molecule has 20 heavy (non-hydrogen) atoms. The number of amides is 2. The molecule has 0 heterocycles. The highest BCUT2D eigenvalue weighted by molar-refractivity contribution is 5.74. The Bertz CT molecular complexity index is 348. The Balaban J connectivity index is 4.22. The molecular formula is C15H26N2O3. The fraction of sp³-hybridized carbons (Fsp3) is 0.733. The molecule has 0 rings (SSSR count). The van der Waals surface area contributed by atoms with Crippen molar-refractivity contribution in [3.63, 3.8) is 0 Å². The van der Waals surface area contributed by atoms with Gasteiger partial charge in [-0.1, -0.05) is 20.8 Å². The van der Waals surface area contributed by atoms with Gasteiger partial charge in [0.05, 0.1) is 0 Å². The van der Waals surface area contributed by atoms with Gasteiger partial charge in [-0.25, -0.2) is 4.79 Å². The highest BCUT2D eigenvalue weighted by atomic mass is 16.4. The van der Waals surface area contributed by atoms with Crippen molar-refractivity contribution in [2.24, 2.45) is 11.8 Å². The Morgan fingerprint density at radius 1 is 1.35 bits per heavy atom. The zero-order valence-electron chi connectivity index (χ0n) is 12.6. The molecule has 0 saturated heterocycles. The van der Waals surface area contributed by atoms with E-state index >= 15 is 0 Å². The first-order chi connectivity index (χ1) is 9.38. The lowest BCUT2D eigenvalue weighted by Gasteiger charge is -2.20. The quantitative estimate of drug-likeness (QED) is 0.567. The van der Waals surface area contributed by atoms with Crippen LogP contribution in [0, 0.1) is 24.2 Å². The summed E-state index contributed by atoms with van der Waals surface area (Å²) in [6.07, 6.45) is 7.33. The zero-order chi connectivity index (χ0) is 15.5. The van der Waals surface area contributed by atoms with E-state index in [4.69, 9.17) is 11.5 Å². The van der Waals surface area contributed by atoms with E-state index in [2.05, 4.69) is 16.6 Å². The third-order valence-electron chi connectivity index (χ3n) is 3.01. The van der Waals surface area contributed by atoms with Crippen LogP contribution in [0.25, 0.3) is 0 Å². The maximum absolute atomic E-state index is 11.7. The van der Waals surface area contributed by atoms with Gasteiger partial charge in [-0.2, -0.15) is 0 Å². The second-order valence-corrected chi connectivity index (χ2v) is 5.46. The van der Waals surface area contributed by atoms with E-state index in [-0.39, 0.29) is 24.4 Å². The molecule has 2 unspecified atom stereocenters. The summed E-state index contributed by atoms with van der Waals surface area (Å²) in [5.41, 5.74) is 0. The second kappa shape index (κ2) is 10.1. The fourth-order valence-corrected chi connectivity index (χ4v) is 2.07. The summed E-state index contributed by atoms with van der Waals surface area (Å²) in [4.78, 5) is 22.5. The number of hydrogen-bond donors (Lipinski definition) is 3. The summed E-state index contributed by atoms with van der Waals surface area (Å²) < 4.78 is 0. The van der Waals surface area contributed by atoms with Crippen LogP contribution in [0.15, 0.2) is 0 Å². The van der Waals surface area contributed by atoms with Crippen molar-refractivity contribution >= 4 is 12.0 Å². The van der Waals surface area contributed by atoms with Gasteiger partial charge in [-0.3, -0.25) is 4.79 Å². The molecule has 0 radical (unpaired) electrons. The minimum Gasteiger partial charge on any atom is -0.481 e. The molecule has 3 N–H and O–H groups in total. The first kappa shape index (κ1) is 18.3. The Kier molecular flexibility index (Phi) is 9.27. The molecule has 0 aromatic carbocycles. The van der Waals surface area contributed by atoms with E-state index in [0.717, 1.165) is 12.8 Å². The minimum absolute atomic E-state index is 0.0389. The van der Waals surface area contributed by atoms with Gasteiger partial charge in [0.1, 0.15) is 0 Å². The normalized spacial score (nSPS) is 13.3. The number of carbonyl (C=O) groups excluding carboxylic acids is 1. The number of urea groups is 1. The first-order valence-corrected chi connectivity index (χ1v) is 7.08. The summed E-state index contributed by atoms with van der Waals surface area (Å²) >= 11 is 0. The lowest BCUT2D eigenvalue weighted by atomic mass is 9.94. The van der Waals surface area contributed by atoms with Crippen molar-refractivity contribution in [3.05, 3.63) is 0 Å². The maximum atomic E-state index is 11.7. The summed E-state index contributed by atoms with van der Waals surface area (Å²) in [7, 11) is 0. The molecular weight excluding hydrogens is 256 g/mol. The van der Waals surface area contributed by atoms with Crippen LogP contribution < -0.4 is 10.6 Å². The van der Waals surface area contributed by atoms with Gasteiger partial charge < -0.3 is 15.7 Å². The lowest BCUT2D eigenvalue weighted by Crippen LogP contribution is -2.43. The topological polar surface area (TPSA) is 78.4 Å². The van der Waals surface area contributed by atoms with E-state index in [1.54, 1.807) is 0 Å². The molecule has 0 aliphatic rings. The molecule has 0 fully saturated rings. The van der Waals surface area contributed by atoms with Gasteiger partial charge in [0.2, 0.25) is 0 Å². The molecule has 0 saturated carbocycles. The van der Waals surface area contributed by atoms with Crippen LogP contribution >= 0.6 is 0 Å². The van der Waals surface area contributed by atoms with Crippen molar-refractivity contribution < 1.29 is 14.7 Å². The number of terminal acetylenes is 1. The number of aliphatic carboxylic acids is 1. The predicted molar refractivity (Wildman–Crippen MR) is 79.3 cm³/mol. The number of hydrogen-bond acceptors (Lipinski definition) is 2. The van der Waals surface area contributed by atoms with Gasteiger partial charge in [-0.05, 0) is 24.7 Å². The Hall–Kier alpha value is -1.70. The van der Waals surface area contributed by atoms with Crippen molar-refractivity contribution in [3.8, 4) is 12.3 Å². The van der Waals surface area contributed by atoms with E-state index in [1.165, 1.54) is 0 Å². The van der Waals surface area contributed by atoms with Crippen LogP contribution in [0.1, 0.15) is 46.5 Å². The van der Waals surface area contributed by atoms with Crippen molar-refractivity contribution in [2.45, 2.75) is 52.5 Å². The first-order valence-electron chi connectivity index (χ1n) is 7.08. The van der Waals surface area contributed by atoms with E-state index < -0.39 is 5.97 Å². The van der Waals surface area contributed by atoms with Crippen molar-refractivity contribution in [2.75, 3.05) is 6.54 Å². The van der Waals surface area contributed by atoms with Crippen LogP contribution in [-0.4, -0.2) is 29.7 Å². The molecule has 114 valence electrons. The summed E-state index contributed by atoms with van der Waals surface area (Å²) in [6, 6.07) is -0.325. The van der Waals surface area contributed by atoms with Crippen LogP contribution in [0.5, 0.6) is 0 Å². The molecule has 5 nitrogen and oxygen atoms in total. The van der Waals surface area contributed by atoms with E-state index in [0.29, 0.717) is 18.9 Å². The van der Waals surface area contributed by atoms with Gasteiger partial charge in [0.25, 0.3) is 0 Å². The van der Waals surface area contributed by atoms with Crippen molar-refractivity contribution in [1.82, 2.24) is 10.6 Å². The van der Waals surface area contributed by atoms with Gasteiger partial charge >= 0.3 is 12.0 Å². The van der Waals surface area contributed by atoms with Crippen molar-refractivity contribution in [1.29, 1.82) is 0 Å². The minimum atomic E-state index is -0.836. The summed E-state index contributed by atoms with van der Waals surface area (Å²) in [5.74, 6) is 2.03. The maximum Gasteiger partial charge on any atom is 0.315 e. The molecule has 0 spiro atoms. The monoisotopic (exact) mass is 282 g/mol. The summed E-state index contributed by atoms with van der Waals surface area (Å²) in [6.45, 7) is 6.39. The number of carbonyl (C=O) groups is 2. The molecule has 0 aliphatic carbocycles. The lowest BCUT2D eigenvalue weighted by molar-refractivity contribution is -0.138. The molecule has 5 heteroatoms. The van der Waals surface area contributed by atoms with Crippen LogP contribution in [0.4, 0.5) is 4.79 Å². The van der Waals surface area contributed by atoms with Crippen LogP contribution in [0.3, 0.4) is 0 Å². The molecule has 0 bridgehead atoms. The Labute approximate surface area is 121 Å². The Morgan fingerprint density at radius 3 is 2.45 bits per heavy atom. The average Bonchev–Trinajstić information content (AvgIpc) is 2.34. The van der Waals surface area contributed by atoms with E-state index in [9.17, 15) is 9.59 Å². The number of rotatable bonds is 9. The van der Waals surface area contributed by atoms with Crippen LogP contribution in [-0.2, 0) is 4.79 Å². The third-order valence-corrected chi connectivity index (χ3v) is 3.01. The third kappa shape index (κ3) is 9.26. The zero-order valence-corrected chi connectivity index (χ0v) is 12.6. The SMILES string of the molecule is C#CCC(CC)NC(=O)NCC(CC(=O)O)CC(C)C. The van der Waals surface area contributed by atoms with Gasteiger partial charge in [0.15, 0.2) is 0 Å². The van der Waals surface area contributed by atoms with Crippen LogP contribution in [0.2, 0.25) is 0 Å². The van der Waals surface area contributed by atoms with Gasteiger partial charge in [-0.15, -0.1) is 12.3 Å². The highest BCUT2D eigenvalue weighted by Crippen LogP contribution is 2.14. The van der Waals surface area contributed by atoms with E-state index in [1.807, 2.05) is 20.8 Å². The largest absolute Gasteiger partial charge is 0.481 e. The number of carboxylic acid groups (broad SMARTS) is 1. The molecule has 0 aliphatic heterocycles. The number of nitrogens with one attached hydrogen (secondary N) is 2. The Morgan fingerprint density at radius 2 is 2.00 bits per heavy atom. The number of carboxylic acids is 1.